The maximum atomic E-state index is 15.1. The molecule has 10 nitrogen and oxygen atoms in total. The lowest BCUT2D eigenvalue weighted by atomic mass is 9.38. The number of hydrogen-bond donors (Lipinski definition) is 3. The molecule has 7 unspecified atom stereocenters. The zero-order valence-electron chi connectivity index (χ0n) is 28.9. The number of benzene rings is 1. The van der Waals surface area contributed by atoms with Crippen molar-refractivity contribution in [1.82, 2.24) is 0 Å². The number of fused-ring (bicyclic) bond motifs is 5. The van der Waals surface area contributed by atoms with Crippen LogP contribution in [0.4, 0.5) is 0 Å². The van der Waals surface area contributed by atoms with E-state index < -0.39 is 81.6 Å². The first-order valence-corrected chi connectivity index (χ1v) is 17.8. The molecule has 5 rings (SSSR count). The molecule has 3 N–H and O–H groups in total. The second-order valence-corrected chi connectivity index (χ2v) is 16.0. The largest absolute Gasteiger partial charge is 0.458 e. The smallest absolute Gasteiger partial charge is 0.338 e. The van der Waals surface area contributed by atoms with Crippen LogP contribution in [0.2, 0.25) is 0 Å². The lowest BCUT2D eigenvalue weighted by Gasteiger charge is -2.72. The summed E-state index contributed by atoms with van der Waals surface area (Å²) in [5, 5.41) is 38.2. The Morgan fingerprint density at radius 3 is 2.23 bits per heavy atom. The molecule has 4 aliphatic rings. The second-order valence-electron chi connectivity index (χ2n) is 15.2. The van der Waals surface area contributed by atoms with Gasteiger partial charge in [-0.3, -0.25) is 9.59 Å². The molecule has 3 aliphatic carbocycles. The number of ketones is 1. The van der Waals surface area contributed by atoms with E-state index in [0.717, 1.165) is 0 Å². The lowest BCUT2D eigenvalue weighted by molar-refractivity contribution is -0.381. The molecular formula is C36H50O10S. The molecule has 1 aliphatic heterocycles. The topological polar surface area (TPSA) is 149 Å². The van der Waals surface area contributed by atoms with Gasteiger partial charge in [-0.1, -0.05) is 59.7 Å². The summed E-state index contributed by atoms with van der Waals surface area (Å²) in [6, 6.07) is 8.30. The van der Waals surface area contributed by atoms with Crippen LogP contribution in [0, 0.1) is 28.1 Å². The molecule has 1 heterocycles. The first kappa shape index (κ1) is 36.0. The molecule has 0 radical (unpaired) electrons. The van der Waals surface area contributed by atoms with Gasteiger partial charge in [0.2, 0.25) is 0 Å². The quantitative estimate of drug-likeness (QED) is 0.208. The molecule has 1 saturated heterocycles. The Bertz CT molecular complexity index is 1440. The number of aliphatic hydroxyl groups excluding tert-OH is 1. The van der Waals surface area contributed by atoms with Gasteiger partial charge < -0.3 is 34.3 Å². The number of carbonyl (C=O) groups excluding carboxylic acids is 3. The van der Waals surface area contributed by atoms with E-state index in [-0.39, 0.29) is 42.4 Å². The van der Waals surface area contributed by atoms with Crippen LogP contribution in [-0.4, -0.2) is 93.6 Å². The minimum atomic E-state index is -2.08. The van der Waals surface area contributed by atoms with Crippen LogP contribution in [0.5, 0.6) is 0 Å². The van der Waals surface area contributed by atoms with Gasteiger partial charge >= 0.3 is 11.9 Å². The van der Waals surface area contributed by atoms with Gasteiger partial charge in [0, 0.05) is 18.3 Å². The van der Waals surface area contributed by atoms with Crippen LogP contribution in [0.3, 0.4) is 0 Å². The van der Waals surface area contributed by atoms with E-state index in [4.69, 9.17) is 18.9 Å². The molecule has 2 saturated carbocycles. The number of thioether (sulfide) groups is 1. The third-order valence-corrected chi connectivity index (χ3v) is 12.9. The zero-order chi connectivity index (χ0) is 34.9. The summed E-state index contributed by atoms with van der Waals surface area (Å²) < 4.78 is 24.7. The van der Waals surface area contributed by atoms with E-state index in [1.165, 1.54) is 11.8 Å². The van der Waals surface area contributed by atoms with Crippen LogP contribution in [0.25, 0.3) is 0 Å². The monoisotopic (exact) mass is 674 g/mol. The van der Waals surface area contributed by atoms with Crippen molar-refractivity contribution < 1.29 is 48.7 Å². The first-order valence-electron chi connectivity index (χ1n) is 16.4. The van der Waals surface area contributed by atoms with Gasteiger partial charge in [0.15, 0.2) is 5.78 Å². The molecule has 47 heavy (non-hydrogen) atoms. The summed E-state index contributed by atoms with van der Waals surface area (Å²) in [5.41, 5.74) is -7.86. The maximum Gasteiger partial charge on any atom is 0.338 e. The summed E-state index contributed by atoms with van der Waals surface area (Å²) in [7, 11) is 0. The van der Waals surface area contributed by atoms with Crippen LogP contribution < -0.4 is 0 Å². The fourth-order valence-corrected chi connectivity index (χ4v) is 9.01. The maximum absolute atomic E-state index is 15.1. The number of carbonyl (C=O) groups is 3. The highest BCUT2D eigenvalue weighted by Crippen LogP contribution is 2.69. The molecule has 260 valence electrons. The Balaban J connectivity index is 1.80. The van der Waals surface area contributed by atoms with Crippen molar-refractivity contribution in [2.45, 2.75) is 110 Å². The highest BCUT2D eigenvalue weighted by molar-refractivity contribution is 7.98. The van der Waals surface area contributed by atoms with E-state index in [2.05, 4.69) is 0 Å². The molecule has 10 atom stereocenters. The Morgan fingerprint density at radius 2 is 1.68 bits per heavy atom. The standard InChI is InChI=1S/C36H50O10S/c1-19(2)20(3)29(39)45-23-16-35(41)31(46-30(40)22-13-11-10-12-14-22)34(8)33(7,28(38)27(37)26(21(23)4)32(35,5)6)24(44-18-47-9)15-25-36(34,42)17-43-25/h10-14,19-20,23-25,27,31,37,41-42H,15-18H2,1-9H3/t20-,23?,24?,25?,27?,31?,33+,34?,35?,36+/m1/s1. The predicted molar refractivity (Wildman–Crippen MR) is 175 cm³/mol. The molecule has 0 spiro atoms. The number of hydrogen-bond acceptors (Lipinski definition) is 11. The highest BCUT2D eigenvalue weighted by atomic mass is 32.2. The third kappa shape index (κ3) is 4.97. The van der Waals surface area contributed by atoms with Gasteiger partial charge in [0.25, 0.3) is 0 Å². The van der Waals surface area contributed by atoms with Crippen LogP contribution in [0.1, 0.15) is 78.6 Å². The molecule has 0 aromatic heterocycles. The minimum Gasteiger partial charge on any atom is -0.458 e. The SMILES string of the molecule is CSCOC1CC2OC[C@@]2(O)C2(C)C(OC(=O)c3ccccc3)C3(O)CC(OC(=O)[C@H](C)C(C)C)C(C)=C(C(O)C(=O)[C@]12C)C3(C)C. The van der Waals surface area contributed by atoms with Gasteiger partial charge in [-0.25, -0.2) is 4.79 Å². The van der Waals surface area contributed by atoms with E-state index in [1.54, 1.807) is 71.9 Å². The summed E-state index contributed by atoms with van der Waals surface area (Å²) in [6.07, 6.45) is -4.28. The van der Waals surface area contributed by atoms with Crippen molar-refractivity contribution in [3.63, 3.8) is 0 Å². The van der Waals surface area contributed by atoms with Crippen LogP contribution in [0.15, 0.2) is 41.5 Å². The van der Waals surface area contributed by atoms with Gasteiger partial charge in [-0.15, -0.1) is 11.8 Å². The molecule has 3 fully saturated rings. The molecular weight excluding hydrogens is 624 g/mol. The Kier molecular flexibility index (Phi) is 9.38. The van der Waals surface area contributed by atoms with Gasteiger partial charge in [0.1, 0.15) is 29.5 Å². The van der Waals surface area contributed by atoms with Crippen molar-refractivity contribution in [3.8, 4) is 0 Å². The molecule has 11 heteroatoms. The Labute approximate surface area is 281 Å². The summed E-state index contributed by atoms with van der Waals surface area (Å²) >= 11 is 1.41. The number of Topliss-reactive ketones (excluding diaryl/α,β-unsaturated/α-hetero) is 1. The second kappa shape index (κ2) is 12.2. The molecule has 1 aromatic rings. The van der Waals surface area contributed by atoms with Crippen molar-refractivity contribution >= 4 is 29.5 Å². The first-order chi connectivity index (χ1) is 21.8. The van der Waals surface area contributed by atoms with E-state index in [0.29, 0.717) is 5.57 Å². The number of ether oxygens (including phenoxy) is 4. The lowest BCUT2D eigenvalue weighted by Crippen LogP contribution is -2.86. The fourth-order valence-electron chi connectivity index (χ4n) is 8.71. The summed E-state index contributed by atoms with van der Waals surface area (Å²) in [6.45, 7) is 13.7. The average molecular weight is 675 g/mol. The molecule has 1 aromatic carbocycles. The average Bonchev–Trinajstić information content (AvgIpc) is 3.02. The number of esters is 2. The number of rotatable bonds is 8. The van der Waals surface area contributed by atoms with E-state index in [1.807, 2.05) is 20.1 Å². The van der Waals surface area contributed by atoms with Gasteiger partial charge in [-0.05, 0) is 49.3 Å². The van der Waals surface area contributed by atoms with Crippen molar-refractivity contribution in [1.29, 1.82) is 0 Å². The van der Waals surface area contributed by atoms with E-state index in [9.17, 15) is 24.9 Å². The van der Waals surface area contributed by atoms with Gasteiger partial charge in [-0.2, -0.15) is 0 Å². The normalized spacial score (nSPS) is 39.9. The Hall–Kier alpha value is -2.28. The van der Waals surface area contributed by atoms with Gasteiger partial charge in [0.05, 0.1) is 47.1 Å². The molecule has 0 amide bonds. The third-order valence-electron chi connectivity index (χ3n) is 12.5. The van der Waals surface area contributed by atoms with E-state index >= 15 is 4.79 Å². The number of aliphatic hydroxyl groups is 3. The van der Waals surface area contributed by atoms with Crippen molar-refractivity contribution in [2.24, 2.45) is 28.1 Å². The van der Waals surface area contributed by atoms with Crippen LogP contribution in [-0.2, 0) is 28.5 Å². The Morgan fingerprint density at radius 1 is 1.04 bits per heavy atom. The van der Waals surface area contributed by atoms with Crippen molar-refractivity contribution in [3.05, 3.63) is 47.0 Å². The van der Waals surface area contributed by atoms with Crippen LogP contribution >= 0.6 is 11.8 Å². The highest BCUT2D eigenvalue weighted by Gasteiger charge is 2.82. The predicted octanol–water partition coefficient (Wildman–Crippen LogP) is 4.09. The zero-order valence-corrected chi connectivity index (χ0v) is 29.7. The summed E-state index contributed by atoms with van der Waals surface area (Å²) in [5.74, 6) is -2.19. The minimum absolute atomic E-state index is 0.0272. The fraction of sp³-hybridized carbons (Fsp3) is 0.694. The summed E-state index contributed by atoms with van der Waals surface area (Å²) in [4.78, 5) is 42.4. The molecule has 2 bridgehead atoms. The van der Waals surface area contributed by atoms with Crippen molar-refractivity contribution in [2.75, 3.05) is 18.8 Å².